The standard InChI is InChI=1S/C27H30N4O3/c32-21-24(18-22-8-3-1-4-9-22)29-27(33)34-25-12-13-28-26(19-25)31-15-7-14-30(16-17-31)20-23-10-5-2-6-11-23/h1-6,8-13,19,21,24H,7,14-18,20H2,(H,29,33). The van der Waals surface area contributed by atoms with Crippen LogP contribution in [0.2, 0.25) is 0 Å². The van der Waals surface area contributed by atoms with Gasteiger partial charge >= 0.3 is 6.09 Å². The van der Waals surface area contributed by atoms with Crippen LogP contribution in [0, 0.1) is 0 Å². The number of pyridine rings is 1. The van der Waals surface area contributed by atoms with E-state index in [1.165, 1.54) is 5.56 Å². The molecule has 1 aromatic heterocycles. The molecule has 1 aliphatic rings. The Kier molecular flexibility index (Phi) is 8.24. The van der Waals surface area contributed by atoms with Crippen LogP contribution >= 0.6 is 0 Å². The topological polar surface area (TPSA) is 74.8 Å². The lowest BCUT2D eigenvalue weighted by atomic mass is 10.1. The maximum atomic E-state index is 12.4. The second kappa shape index (κ2) is 12.0. The summed E-state index contributed by atoms with van der Waals surface area (Å²) in [5.41, 5.74) is 2.28. The van der Waals surface area contributed by atoms with Gasteiger partial charge in [0.1, 0.15) is 17.9 Å². The van der Waals surface area contributed by atoms with Crippen molar-refractivity contribution in [3.63, 3.8) is 0 Å². The second-order valence-corrected chi connectivity index (χ2v) is 8.42. The Balaban J connectivity index is 1.31. The normalized spacial score (nSPS) is 15.2. The number of nitrogens with zero attached hydrogens (tertiary/aromatic N) is 3. The zero-order valence-corrected chi connectivity index (χ0v) is 19.2. The average molecular weight is 459 g/mol. The van der Waals surface area contributed by atoms with Crippen LogP contribution in [0.1, 0.15) is 17.5 Å². The van der Waals surface area contributed by atoms with Crippen molar-refractivity contribution in [3.05, 3.63) is 90.1 Å². The summed E-state index contributed by atoms with van der Waals surface area (Å²) in [6, 6.07) is 22.8. The minimum absolute atomic E-state index is 0.400. The molecule has 0 saturated carbocycles. The first-order valence-electron chi connectivity index (χ1n) is 11.6. The maximum absolute atomic E-state index is 12.4. The number of carbonyl (C=O) groups is 2. The third-order valence-electron chi connectivity index (χ3n) is 5.85. The van der Waals surface area contributed by atoms with Crippen LogP contribution in [0.3, 0.4) is 0 Å². The average Bonchev–Trinajstić information content (AvgIpc) is 3.10. The van der Waals surface area contributed by atoms with Crippen LogP contribution < -0.4 is 15.0 Å². The van der Waals surface area contributed by atoms with E-state index in [0.29, 0.717) is 12.2 Å². The summed E-state index contributed by atoms with van der Waals surface area (Å²) in [5, 5.41) is 2.63. The van der Waals surface area contributed by atoms with Gasteiger partial charge in [0.2, 0.25) is 0 Å². The van der Waals surface area contributed by atoms with Crippen molar-refractivity contribution in [1.82, 2.24) is 15.2 Å². The van der Waals surface area contributed by atoms with Crippen molar-refractivity contribution in [3.8, 4) is 5.75 Å². The minimum Gasteiger partial charge on any atom is -0.410 e. The molecule has 1 atom stereocenters. The number of nitrogens with one attached hydrogen (secondary N) is 1. The van der Waals surface area contributed by atoms with Crippen LogP contribution in [0.15, 0.2) is 79.0 Å². The predicted molar refractivity (Wildman–Crippen MR) is 132 cm³/mol. The van der Waals surface area contributed by atoms with Crippen molar-refractivity contribution in [2.75, 3.05) is 31.1 Å². The summed E-state index contributed by atoms with van der Waals surface area (Å²) < 4.78 is 5.46. The monoisotopic (exact) mass is 458 g/mol. The summed E-state index contributed by atoms with van der Waals surface area (Å²) >= 11 is 0. The van der Waals surface area contributed by atoms with Crippen LogP contribution in [-0.2, 0) is 17.8 Å². The number of ether oxygens (including phenoxy) is 1. The highest BCUT2D eigenvalue weighted by Gasteiger charge is 2.18. The second-order valence-electron chi connectivity index (χ2n) is 8.42. The largest absolute Gasteiger partial charge is 0.413 e. The van der Waals surface area contributed by atoms with Crippen molar-refractivity contribution < 1.29 is 14.3 Å². The number of anilines is 1. The highest BCUT2D eigenvalue weighted by molar-refractivity contribution is 5.75. The van der Waals surface area contributed by atoms with Crippen LogP contribution in [0.4, 0.5) is 10.6 Å². The van der Waals surface area contributed by atoms with Gasteiger partial charge in [-0.15, -0.1) is 0 Å². The molecule has 4 rings (SSSR count). The Labute approximate surface area is 200 Å². The fourth-order valence-corrected chi connectivity index (χ4v) is 4.12. The molecule has 2 aromatic carbocycles. The first-order chi connectivity index (χ1) is 16.7. The summed E-state index contributed by atoms with van der Waals surface area (Å²) in [7, 11) is 0. The first-order valence-corrected chi connectivity index (χ1v) is 11.6. The van der Waals surface area contributed by atoms with E-state index in [9.17, 15) is 9.59 Å². The molecule has 0 aliphatic carbocycles. The molecule has 1 saturated heterocycles. The molecule has 1 fully saturated rings. The maximum Gasteiger partial charge on any atom is 0.413 e. The van der Waals surface area contributed by atoms with E-state index < -0.39 is 12.1 Å². The molecule has 7 heteroatoms. The molecule has 1 N–H and O–H groups in total. The van der Waals surface area contributed by atoms with Gasteiger partial charge in [0.15, 0.2) is 0 Å². The van der Waals surface area contributed by atoms with Gasteiger partial charge in [-0.05, 0) is 30.0 Å². The zero-order valence-electron chi connectivity index (χ0n) is 19.2. The Bertz CT molecular complexity index is 1060. The van der Waals surface area contributed by atoms with Crippen molar-refractivity contribution in [2.24, 2.45) is 0 Å². The van der Waals surface area contributed by atoms with Crippen LogP contribution in [-0.4, -0.2) is 54.5 Å². The van der Waals surface area contributed by atoms with E-state index >= 15 is 0 Å². The molecule has 176 valence electrons. The molecule has 3 aromatic rings. The summed E-state index contributed by atoms with van der Waals surface area (Å²) in [6.07, 6.45) is 3.15. The van der Waals surface area contributed by atoms with Crippen LogP contribution in [0.5, 0.6) is 5.75 Å². The number of benzene rings is 2. The lowest BCUT2D eigenvalue weighted by Gasteiger charge is -2.23. The highest BCUT2D eigenvalue weighted by atomic mass is 16.6. The highest BCUT2D eigenvalue weighted by Crippen LogP contribution is 2.20. The van der Waals surface area contributed by atoms with Crippen molar-refractivity contribution in [1.29, 1.82) is 0 Å². The van der Waals surface area contributed by atoms with Crippen molar-refractivity contribution in [2.45, 2.75) is 25.4 Å². The van der Waals surface area contributed by atoms with Gasteiger partial charge in [-0.25, -0.2) is 9.78 Å². The number of rotatable bonds is 8. The first kappa shape index (κ1) is 23.4. The molecule has 1 amide bonds. The minimum atomic E-state index is -0.657. The van der Waals surface area contributed by atoms with E-state index in [4.69, 9.17) is 4.74 Å². The summed E-state index contributed by atoms with van der Waals surface area (Å²) in [6.45, 7) is 4.63. The Morgan fingerprint density at radius 1 is 0.971 bits per heavy atom. The lowest BCUT2D eigenvalue weighted by Crippen LogP contribution is -2.39. The molecule has 0 radical (unpaired) electrons. The number of aldehydes is 1. The van der Waals surface area contributed by atoms with E-state index in [-0.39, 0.29) is 0 Å². The number of hydrogen-bond acceptors (Lipinski definition) is 6. The number of aromatic nitrogens is 1. The molecule has 7 nitrogen and oxygen atoms in total. The van der Waals surface area contributed by atoms with Gasteiger partial charge in [0.25, 0.3) is 0 Å². The zero-order chi connectivity index (χ0) is 23.6. The van der Waals surface area contributed by atoms with Gasteiger partial charge in [0.05, 0.1) is 6.04 Å². The van der Waals surface area contributed by atoms with E-state index in [1.807, 2.05) is 36.4 Å². The smallest absolute Gasteiger partial charge is 0.410 e. The van der Waals surface area contributed by atoms with Crippen LogP contribution in [0.25, 0.3) is 0 Å². The van der Waals surface area contributed by atoms with Gasteiger partial charge in [0, 0.05) is 45.0 Å². The molecule has 0 spiro atoms. The fraction of sp³-hybridized carbons (Fsp3) is 0.296. The number of hydrogen-bond donors (Lipinski definition) is 1. The van der Waals surface area contributed by atoms with Gasteiger partial charge in [-0.2, -0.15) is 0 Å². The molecule has 1 unspecified atom stereocenters. The molecule has 34 heavy (non-hydrogen) atoms. The number of carbonyl (C=O) groups excluding carboxylic acids is 2. The van der Waals surface area contributed by atoms with E-state index in [0.717, 1.165) is 56.8 Å². The third-order valence-corrected chi connectivity index (χ3v) is 5.85. The summed E-state index contributed by atoms with van der Waals surface area (Å²) in [5.74, 6) is 1.18. The van der Waals surface area contributed by atoms with Gasteiger partial charge < -0.3 is 19.7 Å². The van der Waals surface area contributed by atoms with E-state index in [2.05, 4.69) is 44.4 Å². The Morgan fingerprint density at radius 3 is 2.44 bits per heavy atom. The molecular weight excluding hydrogens is 428 g/mol. The summed E-state index contributed by atoms with van der Waals surface area (Å²) in [4.78, 5) is 33.0. The third kappa shape index (κ3) is 6.89. The Hall–Kier alpha value is -3.71. The fourth-order valence-electron chi connectivity index (χ4n) is 4.12. The van der Waals surface area contributed by atoms with Crippen molar-refractivity contribution >= 4 is 18.2 Å². The predicted octanol–water partition coefficient (Wildman–Crippen LogP) is 3.69. The molecular formula is C27H30N4O3. The molecule has 1 aliphatic heterocycles. The van der Waals surface area contributed by atoms with Gasteiger partial charge in [-0.3, -0.25) is 4.90 Å². The molecule has 2 heterocycles. The quantitative estimate of drug-likeness (QED) is 0.519. The van der Waals surface area contributed by atoms with E-state index in [1.54, 1.807) is 18.3 Å². The molecule has 0 bridgehead atoms. The number of amides is 1. The lowest BCUT2D eigenvalue weighted by molar-refractivity contribution is -0.109. The van der Waals surface area contributed by atoms with Gasteiger partial charge in [-0.1, -0.05) is 60.7 Å². The Morgan fingerprint density at radius 2 is 1.71 bits per heavy atom. The SMILES string of the molecule is O=CC(Cc1ccccc1)NC(=O)Oc1ccnc(N2CCCN(Cc3ccccc3)CC2)c1.